The second-order valence-corrected chi connectivity index (χ2v) is 5.19. The first-order chi connectivity index (χ1) is 7.52. The second kappa shape index (κ2) is 4.31. The first kappa shape index (κ1) is 11.8. The summed E-state index contributed by atoms with van der Waals surface area (Å²) in [4.78, 5) is 13.4. The number of aliphatic hydroxyl groups excluding tert-OH is 1. The number of aliphatic hydroxyl groups is 1. The van der Waals surface area contributed by atoms with E-state index in [-0.39, 0.29) is 23.6 Å². The van der Waals surface area contributed by atoms with Gasteiger partial charge < -0.3 is 20.1 Å². The SMILES string of the molecule is CC(O)CN(C)CC1OC(=O)CC12CNC2. The number of hydrogen-bond acceptors (Lipinski definition) is 5. The third kappa shape index (κ3) is 2.21. The van der Waals surface area contributed by atoms with E-state index in [0.29, 0.717) is 19.5 Å². The van der Waals surface area contributed by atoms with Crippen LogP contribution in [0, 0.1) is 5.41 Å². The Hall–Kier alpha value is -0.650. The van der Waals surface area contributed by atoms with E-state index in [2.05, 4.69) is 5.32 Å². The maximum atomic E-state index is 11.3. The molecule has 0 radical (unpaired) electrons. The molecule has 2 N–H and O–H groups in total. The van der Waals surface area contributed by atoms with Gasteiger partial charge in [0.25, 0.3) is 0 Å². The highest BCUT2D eigenvalue weighted by Gasteiger charge is 2.53. The van der Waals surface area contributed by atoms with Gasteiger partial charge in [0.05, 0.1) is 12.5 Å². The third-order valence-electron chi connectivity index (χ3n) is 3.46. The van der Waals surface area contributed by atoms with Crippen LogP contribution in [0.4, 0.5) is 0 Å². The summed E-state index contributed by atoms with van der Waals surface area (Å²) in [5.74, 6) is -0.0862. The molecule has 2 aliphatic rings. The minimum absolute atomic E-state index is 0.0179. The molecule has 2 atom stereocenters. The fraction of sp³-hybridized carbons (Fsp3) is 0.909. The predicted molar refractivity (Wildman–Crippen MR) is 59.0 cm³/mol. The normalized spacial score (nSPS) is 29.2. The summed E-state index contributed by atoms with van der Waals surface area (Å²) in [5, 5.41) is 12.5. The molecule has 0 aromatic carbocycles. The summed E-state index contributed by atoms with van der Waals surface area (Å²) < 4.78 is 5.37. The highest BCUT2D eigenvalue weighted by atomic mass is 16.6. The lowest BCUT2D eigenvalue weighted by molar-refractivity contribution is -0.142. The number of likely N-dealkylation sites (N-methyl/N-ethyl adjacent to an activating group) is 1. The summed E-state index contributed by atoms with van der Waals surface area (Å²) in [6.45, 7) is 4.81. The molecule has 2 fully saturated rings. The Morgan fingerprint density at radius 2 is 2.38 bits per heavy atom. The van der Waals surface area contributed by atoms with Crippen LogP contribution in [0.25, 0.3) is 0 Å². The van der Waals surface area contributed by atoms with Crippen molar-refractivity contribution in [1.29, 1.82) is 0 Å². The van der Waals surface area contributed by atoms with E-state index in [1.54, 1.807) is 6.92 Å². The van der Waals surface area contributed by atoms with E-state index in [4.69, 9.17) is 4.74 Å². The Labute approximate surface area is 95.8 Å². The number of rotatable bonds is 4. The minimum atomic E-state index is -0.349. The van der Waals surface area contributed by atoms with Gasteiger partial charge in [-0.1, -0.05) is 0 Å². The number of hydrogen-bond donors (Lipinski definition) is 2. The molecule has 0 aliphatic carbocycles. The fourth-order valence-corrected chi connectivity index (χ4v) is 2.57. The molecule has 5 nitrogen and oxygen atoms in total. The number of ether oxygens (including phenoxy) is 1. The summed E-state index contributed by atoms with van der Waals surface area (Å²) in [6, 6.07) is 0. The van der Waals surface area contributed by atoms with Crippen molar-refractivity contribution in [3.63, 3.8) is 0 Å². The van der Waals surface area contributed by atoms with Crippen molar-refractivity contribution < 1.29 is 14.6 Å². The number of nitrogens with one attached hydrogen (secondary N) is 1. The molecule has 0 aromatic heterocycles. The molecule has 2 rings (SSSR count). The van der Waals surface area contributed by atoms with Crippen LogP contribution >= 0.6 is 0 Å². The van der Waals surface area contributed by atoms with Crippen LogP contribution in [0.2, 0.25) is 0 Å². The maximum absolute atomic E-state index is 11.3. The predicted octanol–water partition coefficient (Wildman–Crippen LogP) is -0.796. The number of esters is 1. The van der Waals surface area contributed by atoms with Gasteiger partial charge in [-0.3, -0.25) is 4.79 Å². The van der Waals surface area contributed by atoms with Crippen molar-refractivity contribution in [1.82, 2.24) is 10.2 Å². The zero-order valence-corrected chi connectivity index (χ0v) is 9.90. The molecule has 2 saturated heterocycles. The molecule has 5 heteroatoms. The van der Waals surface area contributed by atoms with Gasteiger partial charge in [-0.25, -0.2) is 0 Å². The van der Waals surface area contributed by atoms with Crippen LogP contribution in [0.3, 0.4) is 0 Å². The number of nitrogens with zero attached hydrogens (tertiary/aromatic N) is 1. The highest BCUT2D eigenvalue weighted by molar-refractivity contribution is 5.73. The third-order valence-corrected chi connectivity index (χ3v) is 3.46. The Kier molecular flexibility index (Phi) is 3.19. The smallest absolute Gasteiger partial charge is 0.306 e. The van der Waals surface area contributed by atoms with Crippen LogP contribution < -0.4 is 5.32 Å². The maximum Gasteiger partial charge on any atom is 0.306 e. The lowest BCUT2D eigenvalue weighted by Crippen LogP contribution is -2.59. The lowest BCUT2D eigenvalue weighted by Gasteiger charge is -2.42. The van der Waals surface area contributed by atoms with E-state index in [1.807, 2.05) is 11.9 Å². The van der Waals surface area contributed by atoms with Gasteiger partial charge in [0.15, 0.2) is 0 Å². The average molecular weight is 228 g/mol. The largest absolute Gasteiger partial charge is 0.460 e. The summed E-state index contributed by atoms with van der Waals surface area (Å²) in [6.07, 6.45) is 0.162. The van der Waals surface area contributed by atoms with Crippen molar-refractivity contribution in [2.24, 2.45) is 5.41 Å². The molecule has 92 valence electrons. The Morgan fingerprint density at radius 3 is 2.88 bits per heavy atom. The molecule has 0 aromatic rings. The molecule has 0 bridgehead atoms. The Bertz CT molecular complexity index is 276. The van der Waals surface area contributed by atoms with Gasteiger partial charge in [0.1, 0.15) is 6.10 Å². The van der Waals surface area contributed by atoms with Crippen molar-refractivity contribution >= 4 is 5.97 Å². The van der Waals surface area contributed by atoms with Crippen molar-refractivity contribution in [2.75, 3.05) is 33.2 Å². The molecule has 0 amide bonds. The van der Waals surface area contributed by atoms with E-state index < -0.39 is 0 Å². The zero-order valence-electron chi connectivity index (χ0n) is 9.90. The quantitative estimate of drug-likeness (QED) is 0.617. The van der Waals surface area contributed by atoms with Gasteiger partial charge in [-0.15, -0.1) is 0 Å². The molecule has 0 saturated carbocycles. The molecule has 2 aliphatic heterocycles. The standard InChI is InChI=1S/C11H20N2O3/c1-8(14)4-13(2)5-9-11(6-12-7-11)3-10(15)16-9/h8-9,12,14H,3-7H2,1-2H3. The lowest BCUT2D eigenvalue weighted by atomic mass is 9.75. The van der Waals surface area contributed by atoms with Crippen molar-refractivity contribution in [2.45, 2.75) is 25.6 Å². The van der Waals surface area contributed by atoms with Crippen molar-refractivity contribution in [3.8, 4) is 0 Å². The zero-order chi connectivity index (χ0) is 11.8. The first-order valence-electron chi connectivity index (χ1n) is 5.79. The molecular weight excluding hydrogens is 208 g/mol. The summed E-state index contributed by atoms with van der Waals surface area (Å²) >= 11 is 0. The van der Waals surface area contributed by atoms with Crippen molar-refractivity contribution in [3.05, 3.63) is 0 Å². The van der Waals surface area contributed by atoms with Gasteiger partial charge in [0.2, 0.25) is 0 Å². The molecule has 1 spiro atoms. The molecule has 2 unspecified atom stereocenters. The summed E-state index contributed by atoms with van der Waals surface area (Å²) in [7, 11) is 1.94. The van der Waals surface area contributed by atoms with Crippen LogP contribution in [0.5, 0.6) is 0 Å². The monoisotopic (exact) mass is 228 g/mol. The number of carbonyl (C=O) groups excluding carboxylic acids is 1. The average Bonchev–Trinajstić information content (AvgIpc) is 2.39. The highest BCUT2D eigenvalue weighted by Crippen LogP contribution is 2.39. The molecule has 16 heavy (non-hydrogen) atoms. The number of carbonyl (C=O) groups is 1. The molecule has 2 heterocycles. The Balaban J connectivity index is 1.91. The fourth-order valence-electron chi connectivity index (χ4n) is 2.57. The van der Waals surface area contributed by atoms with Gasteiger partial charge >= 0.3 is 5.97 Å². The minimum Gasteiger partial charge on any atom is -0.460 e. The number of cyclic esters (lactones) is 1. The van der Waals surface area contributed by atoms with Crippen LogP contribution in [0.15, 0.2) is 0 Å². The van der Waals surface area contributed by atoms with E-state index in [0.717, 1.165) is 13.1 Å². The Morgan fingerprint density at radius 1 is 1.69 bits per heavy atom. The first-order valence-corrected chi connectivity index (χ1v) is 5.79. The van der Waals surface area contributed by atoms with Crippen LogP contribution in [0.1, 0.15) is 13.3 Å². The second-order valence-electron chi connectivity index (χ2n) is 5.19. The van der Waals surface area contributed by atoms with Crippen LogP contribution in [-0.4, -0.2) is 61.4 Å². The topological polar surface area (TPSA) is 61.8 Å². The molecular formula is C11H20N2O3. The van der Waals surface area contributed by atoms with E-state index in [1.165, 1.54) is 0 Å². The summed E-state index contributed by atoms with van der Waals surface area (Å²) in [5.41, 5.74) is 0.0179. The van der Waals surface area contributed by atoms with E-state index in [9.17, 15) is 9.90 Å². The van der Waals surface area contributed by atoms with Gasteiger partial charge in [0, 0.05) is 31.6 Å². The van der Waals surface area contributed by atoms with E-state index >= 15 is 0 Å². The van der Waals surface area contributed by atoms with Crippen LogP contribution in [-0.2, 0) is 9.53 Å². The van der Waals surface area contributed by atoms with Gasteiger partial charge in [-0.2, -0.15) is 0 Å². The van der Waals surface area contributed by atoms with Gasteiger partial charge in [-0.05, 0) is 14.0 Å².